The van der Waals surface area contributed by atoms with E-state index >= 15 is 0 Å². The van der Waals surface area contributed by atoms with Crippen molar-refractivity contribution in [2.75, 3.05) is 6.54 Å². The van der Waals surface area contributed by atoms with Crippen LogP contribution in [0.5, 0.6) is 0 Å². The van der Waals surface area contributed by atoms with E-state index < -0.39 is 17.5 Å². The summed E-state index contributed by atoms with van der Waals surface area (Å²) in [5.41, 5.74) is 13.7. The van der Waals surface area contributed by atoms with E-state index in [2.05, 4.69) is 20.4 Å². The zero-order valence-electron chi connectivity index (χ0n) is 17.1. The lowest BCUT2D eigenvalue weighted by Gasteiger charge is -2.06. The van der Waals surface area contributed by atoms with Crippen molar-refractivity contribution in [2.24, 2.45) is 27.4 Å². The molecule has 7 N–H and O–H groups in total. The van der Waals surface area contributed by atoms with Crippen LogP contribution in [0.4, 0.5) is 14.5 Å². The minimum absolute atomic E-state index is 0.0234. The lowest BCUT2D eigenvalue weighted by atomic mass is 10.1. The Morgan fingerprint density at radius 1 is 1.16 bits per heavy atom. The Balaban J connectivity index is 2.01. The van der Waals surface area contributed by atoms with Gasteiger partial charge in [-0.05, 0) is 50.3 Å². The summed E-state index contributed by atoms with van der Waals surface area (Å²) < 4.78 is 27.0. The monoisotopic (exact) mass is 427 g/mol. The zero-order valence-corrected chi connectivity index (χ0v) is 17.1. The normalized spacial score (nSPS) is 13.0. The first-order valence-corrected chi connectivity index (χ1v) is 9.13. The van der Waals surface area contributed by atoms with Crippen LogP contribution < -0.4 is 22.6 Å². The molecule has 0 atom stereocenters. The Bertz CT molecular complexity index is 1090. The summed E-state index contributed by atoms with van der Waals surface area (Å²) in [6.07, 6.45) is 3.90. The van der Waals surface area contributed by atoms with Crippen LogP contribution in [-0.2, 0) is 4.79 Å². The molecule has 0 spiro atoms. The van der Waals surface area contributed by atoms with Gasteiger partial charge in [-0.2, -0.15) is 5.10 Å². The number of nitrogens with one attached hydrogen (secondary N) is 1. The van der Waals surface area contributed by atoms with Gasteiger partial charge in [-0.15, -0.1) is 0 Å². The average Bonchev–Trinajstić information content (AvgIpc) is 2.74. The highest BCUT2D eigenvalue weighted by Crippen LogP contribution is 2.17. The van der Waals surface area contributed by atoms with E-state index in [4.69, 9.17) is 17.3 Å². The predicted molar refractivity (Wildman–Crippen MR) is 117 cm³/mol. The van der Waals surface area contributed by atoms with Gasteiger partial charge in [-0.25, -0.2) is 8.78 Å². The van der Waals surface area contributed by atoms with E-state index in [1.807, 2.05) is 6.92 Å². The largest absolute Gasteiger partial charge is 0.401 e. The van der Waals surface area contributed by atoms with Gasteiger partial charge in [-0.3, -0.25) is 14.8 Å². The van der Waals surface area contributed by atoms with Crippen molar-refractivity contribution in [1.29, 1.82) is 0 Å². The summed E-state index contributed by atoms with van der Waals surface area (Å²) in [5, 5.41) is 5.95. The summed E-state index contributed by atoms with van der Waals surface area (Å²) in [5.74, 6) is 2.61. The molecule has 2 rings (SSSR count). The predicted octanol–water partition coefficient (Wildman–Crippen LogP) is 1.95. The number of rotatable bonds is 7. The highest BCUT2D eigenvalue weighted by atomic mass is 19.2. The molecule has 1 aromatic carbocycles. The molecular weight excluding hydrogens is 404 g/mol. The summed E-state index contributed by atoms with van der Waals surface area (Å²) in [7, 11) is 0. The number of halogens is 2. The zero-order chi connectivity index (χ0) is 23.0. The van der Waals surface area contributed by atoms with Crippen molar-refractivity contribution < 1.29 is 13.6 Å². The number of allylic oxidation sites excluding steroid dienone is 2. The lowest BCUT2D eigenvalue weighted by Crippen LogP contribution is -2.35. The minimum Gasteiger partial charge on any atom is -0.401 e. The molecule has 0 aliphatic carbocycles. The number of amides is 1. The average molecular weight is 427 g/mol. The number of aryl methyl sites for hydroxylation is 2. The molecule has 0 saturated heterocycles. The summed E-state index contributed by atoms with van der Waals surface area (Å²) in [6.45, 7) is 3.59. The highest BCUT2D eigenvalue weighted by molar-refractivity contribution is 6.60. The van der Waals surface area contributed by atoms with E-state index in [1.165, 1.54) is 30.5 Å². The first-order chi connectivity index (χ1) is 14.7. The molecule has 2 aromatic rings. The molecule has 0 bridgehead atoms. The second-order valence-electron chi connectivity index (χ2n) is 6.48. The molecule has 1 aromatic heterocycles. The van der Waals surface area contributed by atoms with E-state index in [-0.39, 0.29) is 29.2 Å². The lowest BCUT2D eigenvalue weighted by molar-refractivity contribution is -0.114. The van der Waals surface area contributed by atoms with Crippen LogP contribution in [0.25, 0.3) is 5.70 Å². The Hall–Kier alpha value is -4.08. The number of nitrogens with two attached hydrogens (primary N) is 3. The smallest absolute Gasteiger partial charge is 0.273 e. The maximum Gasteiger partial charge on any atom is 0.273 e. The van der Waals surface area contributed by atoms with Crippen LogP contribution in [-0.4, -0.2) is 29.4 Å². The van der Waals surface area contributed by atoms with Gasteiger partial charge in [0.1, 0.15) is 0 Å². The number of aliphatic imine (C=N–C) groups is 1. The Labute approximate surface area is 178 Å². The molecule has 1 amide bonds. The number of pyridine rings is 1. The number of aromatic nitrogens is 1. The van der Waals surface area contributed by atoms with Crippen molar-refractivity contribution in [3.63, 3.8) is 0 Å². The van der Waals surface area contributed by atoms with E-state index in [0.717, 1.165) is 11.8 Å². The van der Waals surface area contributed by atoms with Gasteiger partial charge < -0.3 is 22.6 Å². The second kappa shape index (κ2) is 10.6. The van der Waals surface area contributed by atoms with Crippen LogP contribution in [0.1, 0.15) is 17.0 Å². The fourth-order valence-corrected chi connectivity index (χ4v) is 2.44. The Morgan fingerprint density at radius 3 is 2.58 bits per heavy atom. The third-order valence-electron chi connectivity index (χ3n) is 4.09. The van der Waals surface area contributed by atoms with Crippen LogP contribution >= 0.6 is 0 Å². The van der Waals surface area contributed by atoms with Crippen molar-refractivity contribution in [3.8, 4) is 0 Å². The molecule has 0 fully saturated rings. The Morgan fingerprint density at radius 2 is 1.90 bits per heavy atom. The number of benzene rings is 1. The van der Waals surface area contributed by atoms with Crippen molar-refractivity contribution in [3.05, 3.63) is 76.8 Å². The molecule has 1 heterocycles. The molecule has 0 saturated carbocycles. The number of nitrogens with zero attached hydrogens (tertiary/aromatic N) is 3. The number of carbonyl (C=O) groups is 1. The van der Waals surface area contributed by atoms with Crippen LogP contribution in [0.3, 0.4) is 0 Å². The molecule has 0 unspecified atom stereocenters. The topological polar surface area (TPSA) is 145 Å². The van der Waals surface area contributed by atoms with E-state index in [0.29, 0.717) is 11.4 Å². The molecule has 0 radical (unpaired) electrons. The van der Waals surface area contributed by atoms with E-state index in [9.17, 15) is 13.6 Å². The molecule has 31 heavy (non-hydrogen) atoms. The van der Waals surface area contributed by atoms with Crippen molar-refractivity contribution in [1.82, 2.24) is 10.3 Å². The van der Waals surface area contributed by atoms with Gasteiger partial charge in [0.25, 0.3) is 5.91 Å². The van der Waals surface area contributed by atoms with Crippen molar-refractivity contribution >= 4 is 29.2 Å². The molecule has 0 aliphatic rings. The summed E-state index contributed by atoms with van der Waals surface area (Å²) >= 11 is 0. The first kappa shape index (κ1) is 23.2. The van der Waals surface area contributed by atoms with Gasteiger partial charge in [0.05, 0.1) is 24.1 Å². The molecule has 8 nitrogen and oxygen atoms in total. The number of carbonyl (C=O) groups excluding carboxylic acids is 1. The maximum absolute atomic E-state index is 13.8. The quantitative estimate of drug-likeness (QED) is 0.231. The van der Waals surface area contributed by atoms with Gasteiger partial charge >= 0.3 is 0 Å². The Kier molecular flexibility index (Phi) is 7.95. The third-order valence-corrected chi connectivity index (χ3v) is 4.09. The van der Waals surface area contributed by atoms with Gasteiger partial charge in [0, 0.05) is 22.7 Å². The van der Waals surface area contributed by atoms with Crippen molar-refractivity contribution in [2.45, 2.75) is 13.8 Å². The number of hydrazone groups is 1. The van der Waals surface area contributed by atoms with Gasteiger partial charge in [0.15, 0.2) is 17.3 Å². The molecule has 162 valence electrons. The SMILES string of the molecule is Cc1ccc(N=C/C(=N\N)C(=O)NC/C(N)=C/C=C(\N)c2cccc(F)c2F)c(C)n1. The highest BCUT2D eigenvalue weighted by Gasteiger charge is 2.10. The first-order valence-electron chi connectivity index (χ1n) is 9.13. The number of hydrogen-bond donors (Lipinski definition) is 4. The minimum atomic E-state index is -1.06. The standard InChI is InChI=1S/C21H23F2N7O/c1-12-6-9-18(13(2)29-12)27-11-19(30-26)21(31)28-10-14(24)7-8-17(25)15-4-3-5-16(22)20(15)23/h3-9,11H,10,24-26H2,1-2H3,(H,28,31)/b14-7-,17-8-,27-11?,30-19+. The molecular formula is C21H23F2N7O. The maximum atomic E-state index is 13.8. The van der Waals surface area contributed by atoms with Gasteiger partial charge in [0.2, 0.25) is 0 Å². The van der Waals surface area contributed by atoms with Crippen LogP contribution in [0, 0.1) is 25.5 Å². The second-order valence-corrected chi connectivity index (χ2v) is 6.48. The van der Waals surface area contributed by atoms with Crippen LogP contribution in [0.2, 0.25) is 0 Å². The van der Waals surface area contributed by atoms with Crippen LogP contribution in [0.15, 0.2) is 58.3 Å². The van der Waals surface area contributed by atoms with Gasteiger partial charge in [-0.1, -0.05) is 6.07 Å². The summed E-state index contributed by atoms with van der Waals surface area (Å²) in [6, 6.07) is 7.22. The molecule has 0 aliphatic heterocycles. The number of hydrogen-bond acceptors (Lipinski definition) is 7. The third kappa shape index (κ3) is 6.46. The summed E-state index contributed by atoms with van der Waals surface area (Å²) in [4.78, 5) is 20.7. The fraction of sp³-hybridized carbons (Fsp3) is 0.143. The van der Waals surface area contributed by atoms with E-state index in [1.54, 1.807) is 19.1 Å². The fourth-order valence-electron chi connectivity index (χ4n) is 2.44. The molecule has 10 heteroatoms.